The Hall–Kier alpha value is -1.06. The zero-order valence-corrected chi connectivity index (χ0v) is 10.5. The van der Waals surface area contributed by atoms with E-state index in [4.69, 9.17) is 5.11 Å². The molecule has 2 saturated carbocycles. The second kappa shape index (κ2) is 4.67. The number of carbonyl (C=O) groups is 2. The lowest BCUT2D eigenvalue weighted by Gasteiger charge is -2.15. The van der Waals surface area contributed by atoms with Gasteiger partial charge in [0, 0.05) is 6.04 Å². The van der Waals surface area contributed by atoms with Crippen molar-refractivity contribution in [1.29, 1.82) is 0 Å². The second-order valence-corrected chi connectivity index (χ2v) is 5.62. The molecular formula is C13H21NO3. The van der Waals surface area contributed by atoms with Gasteiger partial charge in [0.1, 0.15) is 0 Å². The molecule has 2 aliphatic carbocycles. The van der Waals surface area contributed by atoms with Gasteiger partial charge in [0.25, 0.3) is 0 Å². The zero-order chi connectivity index (χ0) is 12.6. The maximum Gasteiger partial charge on any atom is 0.307 e. The van der Waals surface area contributed by atoms with Gasteiger partial charge >= 0.3 is 5.97 Å². The molecule has 2 fully saturated rings. The Kier molecular flexibility index (Phi) is 3.40. The summed E-state index contributed by atoms with van der Waals surface area (Å²) in [4.78, 5) is 23.2. The van der Waals surface area contributed by atoms with Crippen molar-refractivity contribution in [1.82, 2.24) is 5.32 Å². The van der Waals surface area contributed by atoms with Crippen LogP contribution in [0.3, 0.4) is 0 Å². The van der Waals surface area contributed by atoms with E-state index in [0.717, 1.165) is 19.3 Å². The third kappa shape index (κ3) is 2.61. The molecule has 0 spiro atoms. The molecule has 0 radical (unpaired) electrons. The maximum absolute atomic E-state index is 12.0. The van der Waals surface area contributed by atoms with Crippen LogP contribution >= 0.6 is 0 Å². The topological polar surface area (TPSA) is 66.4 Å². The molecule has 4 heteroatoms. The quantitative estimate of drug-likeness (QED) is 0.784. The molecule has 5 unspecified atom stereocenters. The van der Waals surface area contributed by atoms with E-state index in [2.05, 4.69) is 19.2 Å². The molecule has 96 valence electrons. The van der Waals surface area contributed by atoms with Crippen LogP contribution in [0.1, 0.15) is 39.5 Å². The highest BCUT2D eigenvalue weighted by Crippen LogP contribution is 2.39. The van der Waals surface area contributed by atoms with E-state index >= 15 is 0 Å². The summed E-state index contributed by atoms with van der Waals surface area (Å²) in [5.41, 5.74) is 0. The molecule has 2 rings (SSSR count). The van der Waals surface area contributed by atoms with Crippen LogP contribution in [-0.2, 0) is 9.59 Å². The van der Waals surface area contributed by atoms with Crippen LogP contribution < -0.4 is 5.32 Å². The van der Waals surface area contributed by atoms with Crippen LogP contribution in [0.4, 0.5) is 0 Å². The number of hydrogen-bond acceptors (Lipinski definition) is 2. The minimum absolute atomic E-state index is 0.0392. The number of aliphatic carboxylic acids is 1. The average molecular weight is 239 g/mol. The lowest BCUT2D eigenvalue weighted by Crippen LogP contribution is -2.36. The van der Waals surface area contributed by atoms with Crippen molar-refractivity contribution >= 4 is 11.9 Å². The Balaban J connectivity index is 1.96. The van der Waals surface area contributed by atoms with Crippen molar-refractivity contribution in [2.24, 2.45) is 23.7 Å². The Bertz CT molecular complexity index is 329. The van der Waals surface area contributed by atoms with Crippen LogP contribution in [0.2, 0.25) is 0 Å². The first kappa shape index (κ1) is 12.4. The number of carbonyl (C=O) groups excluding carboxylic acids is 1. The summed E-state index contributed by atoms with van der Waals surface area (Å²) in [7, 11) is 0. The fraction of sp³-hybridized carbons (Fsp3) is 0.846. The SMILES string of the molecule is CCC1CC(C(=O)O)C(C(=O)NC2CC2C)C1. The third-order valence-corrected chi connectivity index (χ3v) is 4.33. The fourth-order valence-corrected chi connectivity index (χ4v) is 2.85. The van der Waals surface area contributed by atoms with Crippen LogP contribution in [0.15, 0.2) is 0 Å². The first-order valence-electron chi connectivity index (χ1n) is 6.56. The number of nitrogens with one attached hydrogen (secondary N) is 1. The number of amides is 1. The van der Waals surface area contributed by atoms with E-state index in [1.165, 1.54) is 0 Å². The van der Waals surface area contributed by atoms with Crippen molar-refractivity contribution in [3.63, 3.8) is 0 Å². The van der Waals surface area contributed by atoms with Gasteiger partial charge in [-0.1, -0.05) is 20.3 Å². The Labute approximate surface area is 102 Å². The molecule has 4 nitrogen and oxygen atoms in total. The van der Waals surface area contributed by atoms with Gasteiger partial charge in [-0.3, -0.25) is 9.59 Å². The van der Waals surface area contributed by atoms with Crippen molar-refractivity contribution in [3.05, 3.63) is 0 Å². The Morgan fingerprint density at radius 2 is 1.82 bits per heavy atom. The van der Waals surface area contributed by atoms with Crippen LogP contribution in [0.5, 0.6) is 0 Å². The summed E-state index contributed by atoms with van der Waals surface area (Å²) in [6, 6.07) is 0.289. The third-order valence-electron chi connectivity index (χ3n) is 4.33. The summed E-state index contributed by atoms with van der Waals surface area (Å²) in [6.45, 7) is 4.16. The average Bonchev–Trinajstić information content (AvgIpc) is 2.83. The molecule has 0 aliphatic heterocycles. The highest BCUT2D eigenvalue weighted by molar-refractivity contribution is 5.85. The van der Waals surface area contributed by atoms with E-state index in [1.54, 1.807) is 0 Å². The summed E-state index contributed by atoms with van der Waals surface area (Å²) in [6.07, 6.45) is 3.39. The predicted octanol–water partition coefficient (Wildman–Crippen LogP) is 1.65. The van der Waals surface area contributed by atoms with Crippen molar-refractivity contribution in [2.45, 2.75) is 45.6 Å². The number of rotatable bonds is 4. The molecule has 0 heterocycles. The van der Waals surface area contributed by atoms with Gasteiger partial charge in [0.2, 0.25) is 5.91 Å². The van der Waals surface area contributed by atoms with Crippen LogP contribution in [0, 0.1) is 23.7 Å². The minimum Gasteiger partial charge on any atom is -0.481 e. The summed E-state index contributed by atoms with van der Waals surface area (Å²) < 4.78 is 0. The molecular weight excluding hydrogens is 218 g/mol. The van der Waals surface area contributed by atoms with Crippen LogP contribution in [0.25, 0.3) is 0 Å². The Morgan fingerprint density at radius 1 is 1.24 bits per heavy atom. The molecule has 0 aromatic carbocycles. The molecule has 0 saturated heterocycles. The highest BCUT2D eigenvalue weighted by atomic mass is 16.4. The van der Waals surface area contributed by atoms with Crippen molar-refractivity contribution in [2.75, 3.05) is 0 Å². The molecule has 2 aliphatic rings. The smallest absolute Gasteiger partial charge is 0.307 e. The number of hydrogen-bond donors (Lipinski definition) is 2. The van der Waals surface area contributed by atoms with Gasteiger partial charge in [-0.15, -0.1) is 0 Å². The Morgan fingerprint density at radius 3 is 2.29 bits per heavy atom. The number of carboxylic acids is 1. The lowest BCUT2D eigenvalue weighted by atomic mass is 9.95. The van der Waals surface area contributed by atoms with Gasteiger partial charge in [-0.25, -0.2) is 0 Å². The zero-order valence-electron chi connectivity index (χ0n) is 10.5. The van der Waals surface area contributed by atoms with Gasteiger partial charge in [-0.05, 0) is 31.1 Å². The van der Waals surface area contributed by atoms with Gasteiger partial charge in [0.05, 0.1) is 11.8 Å². The molecule has 17 heavy (non-hydrogen) atoms. The van der Waals surface area contributed by atoms with E-state index in [0.29, 0.717) is 18.3 Å². The monoisotopic (exact) mass is 239 g/mol. The standard InChI is InChI=1S/C13H21NO3/c1-3-8-5-9(10(6-8)13(16)17)12(15)14-11-4-7(11)2/h7-11H,3-6H2,1-2H3,(H,14,15)(H,16,17). The number of carboxylic acid groups (broad SMARTS) is 1. The molecule has 5 atom stereocenters. The van der Waals surface area contributed by atoms with Gasteiger partial charge in [-0.2, -0.15) is 0 Å². The van der Waals surface area contributed by atoms with E-state index < -0.39 is 11.9 Å². The largest absolute Gasteiger partial charge is 0.481 e. The summed E-state index contributed by atoms with van der Waals surface area (Å²) >= 11 is 0. The molecule has 1 amide bonds. The van der Waals surface area contributed by atoms with E-state index in [1.807, 2.05) is 0 Å². The minimum atomic E-state index is -0.815. The van der Waals surface area contributed by atoms with Gasteiger partial charge in [0.15, 0.2) is 0 Å². The maximum atomic E-state index is 12.0. The van der Waals surface area contributed by atoms with Crippen LogP contribution in [-0.4, -0.2) is 23.0 Å². The second-order valence-electron chi connectivity index (χ2n) is 5.62. The summed E-state index contributed by atoms with van der Waals surface area (Å²) in [5, 5.41) is 12.1. The van der Waals surface area contributed by atoms with Gasteiger partial charge < -0.3 is 10.4 Å². The normalized spacial score (nSPS) is 40.0. The molecule has 2 N–H and O–H groups in total. The lowest BCUT2D eigenvalue weighted by molar-refractivity contribution is -0.146. The van der Waals surface area contributed by atoms with Crippen molar-refractivity contribution < 1.29 is 14.7 Å². The highest BCUT2D eigenvalue weighted by Gasteiger charge is 2.44. The van der Waals surface area contributed by atoms with E-state index in [9.17, 15) is 9.59 Å². The summed E-state index contributed by atoms with van der Waals surface area (Å²) in [5.74, 6) is -0.694. The molecule has 0 bridgehead atoms. The first-order valence-corrected chi connectivity index (χ1v) is 6.56. The molecule has 0 aromatic heterocycles. The van der Waals surface area contributed by atoms with Crippen molar-refractivity contribution in [3.8, 4) is 0 Å². The van der Waals surface area contributed by atoms with E-state index in [-0.39, 0.29) is 17.9 Å². The molecule has 0 aromatic rings. The predicted molar refractivity (Wildman–Crippen MR) is 63.3 cm³/mol. The first-order chi connectivity index (χ1) is 8.02. The fourth-order valence-electron chi connectivity index (χ4n) is 2.85.